The lowest BCUT2D eigenvalue weighted by Gasteiger charge is -2.10. The first-order valence-corrected chi connectivity index (χ1v) is 11.1. The molecule has 7 nitrogen and oxygen atoms in total. The van der Waals surface area contributed by atoms with E-state index in [1.807, 2.05) is 56.6 Å². The standard InChI is InChI=1S/C26H23ClN4O3/c1-30(2)14-15-4-8-18(9-5-15)28-24(16-6-11-21-22(12-16)34-26(33)31(21)3)23-19-10-7-17(27)13-20(19)29-25(23)32/h4-13,29,32H,14H2,1-3H3. The fraction of sp³-hybridized carbons (Fsp3) is 0.154. The first-order valence-electron chi connectivity index (χ1n) is 10.7. The molecule has 0 aliphatic heterocycles. The SMILES string of the molecule is CN(C)Cc1ccc(N=C(c2ccc3c(c2)oc(=O)n3C)c2c(O)[nH]c3cc(Cl)ccc23)cc1. The van der Waals surface area contributed by atoms with Gasteiger partial charge in [0, 0.05) is 29.6 Å². The van der Waals surface area contributed by atoms with Gasteiger partial charge in [0.05, 0.1) is 28.0 Å². The van der Waals surface area contributed by atoms with E-state index >= 15 is 0 Å². The molecule has 0 saturated heterocycles. The molecule has 5 rings (SSSR count). The van der Waals surface area contributed by atoms with Gasteiger partial charge in [-0.15, -0.1) is 0 Å². The van der Waals surface area contributed by atoms with E-state index < -0.39 is 5.76 Å². The third kappa shape index (κ3) is 4.00. The van der Waals surface area contributed by atoms with Crippen molar-refractivity contribution in [3.05, 3.63) is 92.9 Å². The van der Waals surface area contributed by atoms with Gasteiger partial charge >= 0.3 is 5.76 Å². The van der Waals surface area contributed by atoms with Gasteiger partial charge in [0.25, 0.3) is 0 Å². The van der Waals surface area contributed by atoms with Gasteiger partial charge in [-0.05, 0) is 56.1 Å². The number of H-pyrrole nitrogens is 1. The summed E-state index contributed by atoms with van der Waals surface area (Å²) in [6.07, 6.45) is 0. The first-order chi connectivity index (χ1) is 16.3. The number of aromatic nitrogens is 2. The second-order valence-electron chi connectivity index (χ2n) is 8.51. The zero-order valence-electron chi connectivity index (χ0n) is 19.0. The molecule has 2 heterocycles. The number of halogens is 1. The number of oxazole rings is 1. The highest BCUT2D eigenvalue weighted by Gasteiger charge is 2.20. The Kier molecular flexibility index (Phi) is 5.51. The Morgan fingerprint density at radius 1 is 1.12 bits per heavy atom. The van der Waals surface area contributed by atoms with Crippen LogP contribution in [-0.2, 0) is 13.6 Å². The van der Waals surface area contributed by atoms with Gasteiger partial charge in [-0.3, -0.25) is 4.57 Å². The van der Waals surface area contributed by atoms with Crippen LogP contribution in [0.5, 0.6) is 5.88 Å². The van der Waals surface area contributed by atoms with Crippen molar-refractivity contribution in [2.75, 3.05) is 14.1 Å². The molecule has 2 N–H and O–H groups in total. The zero-order valence-corrected chi connectivity index (χ0v) is 19.7. The molecule has 172 valence electrons. The van der Waals surface area contributed by atoms with Crippen molar-refractivity contribution in [1.82, 2.24) is 14.5 Å². The van der Waals surface area contributed by atoms with E-state index in [2.05, 4.69) is 9.88 Å². The molecule has 0 saturated carbocycles. The molecule has 2 aromatic heterocycles. The van der Waals surface area contributed by atoms with E-state index in [0.29, 0.717) is 38.5 Å². The molecule has 0 atom stereocenters. The first kappa shape index (κ1) is 22.0. The van der Waals surface area contributed by atoms with Gasteiger partial charge < -0.3 is 19.4 Å². The molecular formula is C26H23ClN4O3. The van der Waals surface area contributed by atoms with Gasteiger partial charge in [-0.2, -0.15) is 0 Å². The minimum atomic E-state index is -0.438. The summed E-state index contributed by atoms with van der Waals surface area (Å²) in [5.74, 6) is -0.457. The molecule has 8 heteroatoms. The van der Waals surface area contributed by atoms with Crippen LogP contribution >= 0.6 is 11.6 Å². The predicted octanol–water partition coefficient (Wildman–Crippen LogP) is 5.20. The molecule has 0 fully saturated rings. The highest BCUT2D eigenvalue weighted by atomic mass is 35.5. The minimum Gasteiger partial charge on any atom is -0.494 e. The summed E-state index contributed by atoms with van der Waals surface area (Å²) in [6.45, 7) is 0.824. The number of rotatable bonds is 5. The highest BCUT2D eigenvalue weighted by molar-refractivity contribution is 6.31. The van der Waals surface area contributed by atoms with Gasteiger partial charge in [-0.1, -0.05) is 35.9 Å². The van der Waals surface area contributed by atoms with E-state index in [9.17, 15) is 9.90 Å². The highest BCUT2D eigenvalue weighted by Crippen LogP contribution is 2.33. The van der Waals surface area contributed by atoms with Crippen LogP contribution in [0.15, 0.2) is 74.9 Å². The van der Waals surface area contributed by atoms with E-state index in [-0.39, 0.29) is 5.88 Å². The molecule has 5 aromatic rings. The second kappa shape index (κ2) is 8.52. The number of fused-ring (bicyclic) bond motifs is 2. The van der Waals surface area contributed by atoms with Crippen LogP contribution in [0.3, 0.4) is 0 Å². The van der Waals surface area contributed by atoms with Gasteiger partial charge in [0.2, 0.25) is 0 Å². The molecule has 0 aliphatic rings. The van der Waals surface area contributed by atoms with Crippen LogP contribution in [0.4, 0.5) is 5.69 Å². The molecule has 3 aromatic carbocycles. The fourth-order valence-electron chi connectivity index (χ4n) is 4.11. The number of aliphatic imine (C=N–C) groups is 1. The van der Waals surface area contributed by atoms with Gasteiger partial charge in [-0.25, -0.2) is 9.79 Å². The average molecular weight is 475 g/mol. The van der Waals surface area contributed by atoms with Crippen molar-refractivity contribution < 1.29 is 9.52 Å². The number of benzene rings is 3. The van der Waals surface area contributed by atoms with Crippen LogP contribution < -0.4 is 5.76 Å². The van der Waals surface area contributed by atoms with Crippen LogP contribution in [0.2, 0.25) is 5.02 Å². The molecule has 0 spiro atoms. The lowest BCUT2D eigenvalue weighted by Crippen LogP contribution is -2.10. The molecule has 34 heavy (non-hydrogen) atoms. The summed E-state index contributed by atoms with van der Waals surface area (Å²) in [5.41, 5.74) is 5.50. The van der Waals surface area contributed by atoms with Crippen molar-refractivity contribution >= 4 is 45.0 Å². The largest absolute Gasteiger partial charge is 0.494 e. The Balaban J connectivity index is 1.72. The predicted molar refractivity (Wildman–Crippen MR) is 136 cm³/mol. The van der Waals surface area contributed by atoms with Gasteiger partial charge in [0.1, 0.15) is 0 Å². The summed E-state index contributed by atoms with van der Waals surface area (Å²) in [7, 11) is 5.70. The Bertz CT molecular complexity index is 1610. The number of hydrogen-bond acceptors (Lipinski definition) is 5. The zero-order chi connectivity index (χ0) is 24.0. The van der Waals surface area contributed by atoms with Crippen molar-refractivity contribution in [3.8, 4) is 5.88 Å². The van der Waals surface area contributed by atoms with Crippen molar-refractivity contribution in [1.29, 1.82) is 0 Å². The minimum absolute atomic E-state index is 0.0187. The van der Waals surface area contributed by atoms with Crippen LogP contribution in [0, 0.1) is 0 Å². The molecule has 0 amide bonds. The van der Waals surface area contributed by atoms with E-state index in [0.717, 1.165) is 17.6 Å². The van der Waals surface area contributed by atoms with Gasteiger partial charge in [0.15, 0.2) is 11.5 Å². The Morgan fingerprint density at radius 3 is 2.62 bits per heavy atom. The quantitative estimate of drug-likeness (QED) is 0.343. The molecular weight excluding hydrogens is 452 g/mol. The third-order valence-electron chi connectivity index (χ3n) is 5.72. The monoisotopic (exact) mass is 474 g/mol. The van der Waals surface area contributed by atoms with Crippen molar-refractivity contribution in [3.63, 3.8) is 0 Å². The second-order valence-corrected chi connectivity index (χ2v) is 8.95. The summed E-state index contributed by atoms with van der Waals surface area (Å²) >= 11 is 6.16. The van der Waals surface area contributed by atoms with Crippen molar-refractivity contribution in [2.45, 2.75) is 6.54 Å². The maximum Gasteiger partial charge on any atom is 0.419 e. The number of aromatic hydroxyl groups is 1. The number of nitrogens with one attached hydrogen (secondary N) is 1. The van der Waals surface area contributed by atoms with E-state index in [1.165, 1.54) is 10.1 Å². The Morgan fingerprint density at radius 2 is 1.88 bits per heavy atom. The molecule has 0 radical (unpaired) electrons. The summed E-state index contributed by atoms with van der Waals surface area (Å²) in [6, 6.07) is 18.8. The lowest BCUT2D eigenvalue weighted by atomic mass is 10.0. The Hall–Kier alpha value is -3.81. The van der Waals surface area contributed by atoms with Crippen LogP contribution in [0.1, 0.15) is 16.7 Å². The van der Waals surface area contributed by atoms with Crippen LogP contribution in [0.25, 0.3) is 22.0 Å². The molecule has 0 unspecified atom stereocenters. The molecule has 0 aliphatic carbocycles. The van der Waals surface area contributed by atoms with E-state index in [1.54, 1.807) is 25.2 Å². The molecule has 0 bridgehead atoms. The third-order valence-corrected chi connectivity index (χ3v) is 5.95. The maximum absolute atomic E-state index is 12.0. The summed E-state index contributed by atoms with van der Waals surface area (Å²) < 4.78 is 6.85. The summed E-state index contributed by atoms with van der Waals surface area (Å²) in [4.78, 5) is 22.0. The maximum atomic E-state index is 12.0. The van der Waals surface area contributed by atoms with E-state index in [4.69, 9.17) is 21.0 Å². The smallest absolute Gasteiger partial charge is 0.419 e. The number of aryl methyl sites for hydroxylation is 1. The Labute approximate surface area is 200 Å². The number of nitrogens with zero attached hydrogens (tertiary/aromatic N) is 3. The average Bonchev–Trinajstić information content (AvgIpc) is 3.26. The fourth-order valence-corrected chi connectivity index (χ4v) is 4.28. The van der Waals surface area contributed by atoms with Crippen molar-refractivity contribution in [2.24, 2.45) is 12.0 Å². The topological polar surface area (TPSA) is 86.8 Å². The summed E-state index contributed by atoms with van der Waals surface area (Å²) in [5, 5.41) is 12.2. The normalized spacial score (nSPS) is 12.3. The number of hydrogen-bond donors (Lipinski definition) is 2. The number of aromatic amines is 1. The van der Waals surface area contributed by atoms with Crippen LogP contribution in [-0.4, -0.2) is 39.4 Å². The lowest BCUT2D eigenvalue weighted by molar-refractivity contribution is 0.402.